The third kappa shape index (κ3) is 3.64. The monoisotopic (exact) mass is 533 g/mol. The number of fused-ring (bicyclic) bond motifs is 2. The number of aromatic nitrogens is 8. The molecule has 0 unspecified atom stereocenters. The Labute approximate surface area is 223 Å². The fourth-order valence-electron chi connectivity index (χ4n) is 5.35. The van der Waals surface area contributed by atoms with Gasteiger partial charge in [0.1, 0.15) is 16.1 Å². The van der Waals surface area contributed by atoms with Crippen molar-refractivity contribution in [2.45, 2.75) is 57.1 Å². The lowest BCUT2D eigenvalue weighted by molar-refractivity contribution is 0.0668. The van der Waals surface area contributed by atoms with Crippen molar-refractivity contribution >= 4 is 40.0 Å². The number of imidazole rings is 1. The molecule has 196 valence electrons. The Balaban J connectivity index is 1.23. The molecule has 7 rings (SSSR count). The van der Waals surface area contributed by atoms with Crippen LogP contribution in [0, 0.1) is 0 Å². The SMILES string of the molecule is Cn1c(Nc2cc(C(C)(C)C)n([C@H]3CCOC34CC4)n2)nc2ncc(Oc3cnn4ccncc34)c(Cl)c21. The number of hydrogen-bond donors (Lipinski definition) is 1. The van der Waals surface area contributed by atoms with Crippen LogP contribution in [0.25, 0.3) is 16.7 Å². The summed E-state index contributed by atoms with van der Waals surface area (Å²) in [6, 6.07) is 2.36. The van der Waals surface area contributed by atoms with Crippen LogP contribution in [0.5, 0.6) is 11.5 Å². The molecule has 5 aromatic heterocycles. The normalized spacial score (nSPS) is 18.6. The lowest BCUT2D eigenvalue weighted by atomic mass is 9.91. The number of pyridine rings is 1. The van der Waals surface area contributed by atoms with Crippen LogP contribution in [0.15, 0.2) is 37.1 Å². The number of hydrogen-bond acceptors (Lipinski definition) is 8. The van der Waals surface area contributed by atoms with E-state index in [1.165, 1.54) is 0 Å². The molecule has 0 amide bonds. The summed E-state index contributed by atoms with van der Waals surface area (Å²) in [7, 11) is 1.89. The average Bonchev–Trinajstić information content (AvgIpc) is 3.20. The molecule has 12 heteroatoms. The maximum Gasteiger partial charge on any atom is 0.210 e. The molecule has 1 aliphatic heterocycles. The number of halogens is 1. The minimum absolute atomic E-state index is 0.0494. The van der Waals surface area contributed by atoms with Crippen molar-refractivity contribution < 1.29 is 9.47 Å². The molecule has 5 aromatic rings. The minimum Gasteiger partial charge on any atom is -0.450 e. The third-order valence-electron chi connectivity index (χ3n) is 7.48. The van der Waals surface area contributed by atoms with E-state index in [1.807, 2.05) is 11.6 Å². The second kappa shape index (κ2) is 8.15. The Bertz CT molecular complexity index is 1690. The molecule has 1 saturated carbocycles. The summed E-state index contributed by atoms with van der Waals surface area (Å²) in [6.45, 7) is 7.40. The van der Waals surface area contributed by atoms with Crippen LogP contribution in [0.1, 0.15) is 51.8 Å². The molecule has 2 fully saturated rings. The summed E-state index contributed by atoms with van der Waals surface area (Å²) >= 11 is 6.81. The molecule has 2 aliphatic rings. The van der Waals surface area contributed by atoms with Gasteiger partial charge >= 0.3 is 0 Å². The Morgan fingerprint density at radius 1 is 1.18 bits per heavy atom. The molecule has 38 heavy (non-hydrogen) atoms. The molecule has 1 aliphatic carbocycles. The van der Waals surface area contributed by atoms with Gasteiger partial charge in [0.25, 0.3) is 0 Å². The van der Waals surface area contributed by atoms with Crippen LogP contribution in [0.4, 0.5) is 11.8 Å². The Hall–Kier alpha value is -3.70. The van der Waals surface area contributed by atoms with Gasteiger partial charge in [0.2, 0.25) is 5.95 Å². The lowest BCUT2D eigenvalue weighted by Crippen LogP contribution is -2.28. The summed E-state index contributed by atoms with van der Waals surface area (Å²) in [5, 5.41) is 13.1. The summed E-state index contributed by atoms with van der Waals surface area (Å²) in [4.78, 5) is 13.4. The van der Waals surface area contributed by atoms with Gasteiger partial charge in [-0.2, -0.15) is 15.2 Å². The molecule has 1 saturated heterocycles. The number of ether oxygens (including phenoxy) is 2. The first-order valence-corrected chi connectivity index (χ1v) is 13.1. The van der Waals surface area contributed by atoms with E-state index in [-0.39, 0.29) is 17.1 Å². The zero-order valence-corrected chi connectivity index (χ0v) is 22.4. The first-order chi connectivity index (χ1) is 18.2. The lowest BCUT2D eigenvalue weighted by Gasteiger charge is -2.26. The van der Waals surface area contributed by atoms with E-state index in [2.05, 4.69) is 51.9 Å². The Kier molecular flexibility index (Phi) is 5.02. The predicted octanol–water partition coefficient (Wildman–Crippen LogP) is 5.19. The van der Waals surface area contributed by atoms with Crippen LogP contribution >= 0.6 is 11.6 Å². The van der Waals surface area contributed by atoms with E-state index in [4.69, 9.17) is 31.2 Å². The fourth-order valence-corrected chi connectivity index (χ4v) is 5.65. The Morgan fingerprint density at radius 2 is 2.03 bits per heavy atom. The van der Waals surface area contributed by atoms with Crippen molar-refractivity contribution in [1.29, 1.82) is 0 Å². The predicted molar refractivity (Wildman–Crippen MR) is 142 cm³/mol. The van der Waals surface area contributed by atoms with Gasteiger partial charge in [-0.1, -0.05) is 32.4 Å². The van der Waals surface area contributed by atoms with Gasteiger partial charge in [0.15, 0.2) is 23.0 Å². The van der Waals surface area contributed by atoms with E-state index < -0.39 is 0 Å². The molecule has 1 spiro atoms. The molecular formula is C26H28ClN9O2. The summed E-state index contributed by atoms with van der Waals surface area (Å²) < 4.78 is 17.9. The van der Waals surface area contributed by atoms with Gasteiger partial charge in [-0.05, 0) is 19.3 Å². The molecular weight excluding hydrogens is 506 g/mol. The van der Waals surface area contributed by atoms with Crippen molar-refractivity contribution in [3.63, 3.8) is 0 Å². The van der Waals surface area contributed by atoms with Gasteiger partial charge in [-0.25, -0.2) is 9.50 Å². The molecule has 1 N–H and O–H groups in total. The number of aryl methyl sites for hydroxylation is 1. The molecule has 1 atom stereocenters. The molecule has 6 heterocycles. The molecule has 0 bridgehead atoms. The summed E-state index contributed by atoms with van der Waals surface area (Å²) in [5.74, 6) is 2.25. The highest BCUT2D eigenvalue weighted by molar-refractivity contribution is 6.36. The van der Waals surface area contributed by atoms with Gasteiger partial charge in [0.05, 0.1) is 30.2 Å². The van der Waals surface area contributed by atoms with Crippen LogP contribution in [-0.4, -0.2) is 51.1 Å². The quantitative estimate of drug-likeness (QED) is 0.329. The maximum atomic E-state index is 6.81. The minimum atomic E-state index is -0.0807. The van der Waals surface area contributed by atoms with Crippen molar-refractivity contribution in [2.24, 2.45) is 7.05 Å². The van der Waals surface area contributed by atoms with Crippen molar-refractivity contribution in [3.05, 3.63) is 47.8 Å². The molecule has 0 aromatic carbocycles. The molecule has 11 nitrogen and oxygen atoms in total. The number of rotatable bonds is 5. The smallest absolute Gasteiger partial charge is 0.210 e. The largest absolute Gasteiger partial charge is 0.450 e. The van der Waals surface area contributed by atoms with Crippen molar-refractivity contribution in [2.75, 3.05) is 11.9 Å². The van der Waals surface area contributed by atoms with Crippen LogP contribution in [0.2, 0.25) is 5.02 Å². The highest BCUT2D eigenvalue weighted by Gasteiger charge is 2.56. The van der Waals surface area contributed by atoms with Gasteiger partial charge in [-0.15, -0.1) is 0 Å². The molecule has 0 radical (unpaired) electrons. The fraction of sp³-hybridized carbons (Fsp3) is 0.423. The second-order valence-corrected chi connectivity index (χ2v) is 11.5. The van der Waals surface area contributed by atoms with E-state index in [0.29, 0.717) is 33.6 Å². The number of nitrogens with zero attached hydrogens (tertiary/aromatic N) is 8. The zero-order valence-electron chi connectivity index (χ0n) is 21.6. The number of anilines is 2. The second-order valence-electron chi connectivity index (χ2n) is 11.1. The topological polar surface area (TPSA) is 109 Å². The zero-order chi connectivity index (χ0) is 26.2. The highest BCUT2D eigenvalue weighted by atomic mass is 35.5. The van der Waals surface area contributed by atoms with Gasteiger partial charge in [-0.3, -0.25) is 9.67 Å². The summed E-state index contributed by atoms with van der Waals surface area (Å²) in [6.07, 6.45) is 11.4. The maximum absolute atomic E-state index is 6.81. The van der Waals surface area contributed by atoms with E-state index in [9.17, 15) is 0 Å². The Morgan fingerprint density at radius 3 is 2.82 bits per heavy atom. The van der Waals surface area contributed by atoms with Gasteiger partial charge < -0.3 is 19.4 Å². The van der Waals surface area contributed by atoms with E-state index >= 15 is 0 Å². The van der Waals surface area contributed by atoms with Crippen LogP contribution in [0.3, 0.4) is 0 Å². The van der Waals surface area contributed by atoms with E-state index in [1.54, 1.807) is 35.5 Å². The van der Waals surface area contributed by atoms with Crippen molar-refractivity contribution in [1.82, 2.24) is 38.9 Å². The van der Waals surface area contributed by atoms with Crippen molar-refractivity contribution in [3.8, 4) is 11.5 Å². The highest BCUT2D eigenvalue weighted by Crippen LogP contribution is 2.54. The first-order valence-electron chi connectivity index (χ1n) is 12.7. The van der Waals surface area contributed by atoms with Gasteiger partial charge in [0, 0.05) is 43.2 Å². The van der Waals surface area contributed by atoms with E-state index in [0.717, 1.165) is 42.9 Å². The average molecular weight is 534 g/mol. The van der Waals surface area contributed by atoms with Crippen LogP contribution < -0.4 is 10.1 Å². The van der Waals surface area contributed by atoms with Crippen LogP contribution in [-0.2, 0) is 17.2 Å². The summed E-state index contributed by atoms with van der Waals surface area (Å²) in [5.41, 5.74) is 2.91. The standard InChI is InChI=1S/C26H28ClN9O2/c1-25(2,3)19-11-20(33-36(19)18-5-10-37-26(18)6-7-26)31-24-32-23-22(34(24)4)21(27)17(13-29-23)38-16-14-30-35-9-8-28-12-15(16)35/h8-9,11-14,18H,5-7,10H2,1-4H3,(H,29,31,32,33)/t18-/m0/s1. The number of nitrogens with one attached hydrogen (secondary N) is 1. The first kappa shape index (κ1) is 23.4. The third-order valence-corrected chi connectivity index (χ3v) is 7.85.